The molecule has 3 heteroatoms. The molecule has 0 bridgehead atoms. The van der Waals surface area contributed by atoms with E-state index in [1.807, 2.05) is 13.8 Å². The van der Waals surface area contributed by atoms with Crippen molar-refractivity contribution < 1.29 is 0 Å². The van der Waals surface area contributed by atoms with Gasteiger partial charge in [-0.15, -0.1) is 0 Å². The summed E-state index contributed by atoms with van der Waals surface area (Å²) in [4.78, 5) is 17.7. The molecule has 0 aliphatic rings. The van der Waals surface area contributed by atoms with Crippen LogP contribution in [0.4, 0.5) is 0 Å². The van der Waals surface area contributed by atoms with Gasteiger partial charge in [-0.1, -0.05) is 39.2 Å². The highest BCUT2D eigenvalue weighted by atomic mass is 16.1. The molecule has 0 aliphatic heterocycles. The largest absolute Gasteiger partial charge is 0.313 e. The third kappa shape index (κ3) is 3.77. The van der Waals surface area contributed by atoms with Gasteiger partial charge in [-0.25, -0.2) is 4.98 Å². The Morgan fingerprint density at radius 1 is 1.27 bits per heavy atom. The SMILES string of the molecule is C=C/C=c1/nc[nH]c(=O)/c1=C/C=C.CC. The fourth-order valence-corrected chi connectivity index (χ4v) is 0.947. The Bertz CT molecular complexity index is 483. The number of H-pyrrole nitrogens is 1. The summed E-state index contributed by atoms with van der Waals surface area (Å²) in [6.45, 7) is 11.1. The molecule has 1 heterocycles. The van der Waals surface area contributed by atoms with Gasteiger partial charge in [0.2, 0.25) is 0 Å². The number of nitrogens with zero attached hydrogens (tertiary/aromatic N) is 1. The van der Waals surface area contributed by atoms with Crippen LogP contribution in [0.5, 0.6) is 0 Å². The lowest BCUT2D eigenvalue weighted by atomic mass is 10.3. The molecule has 1 rings (SSSR count). The molecule has 15 heavy (non-hydrogen) atoms. The summed E-state index contributed by atoms with van der Waals surface area (Å²) >= 11 is 0. The van der Waals surface area contributed by atoms with Gasteiger partial charge in [-0.3, -0.25) is 4.79 Å². The van der Waals surface area contributed by atoms with Gasteiger partial charge in [0, 0.05) is 0 Å². The van der Waals surface area contributed by atoms with E-state index in [2.05, 4.69) is 23.1 Å². The number of hydrogen-bond donors (Lipinski definition) is 1. The average Bonchev–Trinajstić information content (AvgIpc) is 2.26. The van der Waals surface area contributed by atoms with E-state index >= 15 is 0 Å². The molecule has 0 amide bonds. The second-order valence-corrected chi connectivity index (χ2v) is 2.34. The van der Waals surface area contributed by atoms with Crippen LogP contribution in [-0.4, -0.2) is 9.97 Å². The molecule has 0 atom stereocenters. The molecule has 0 fully saturated rings. The maximum Gasteiger partial charge on any atom is 0.258 e. The van der Waals surface area contributed by atoms with E-state index < -0.39 is 0 Å². The Hall–Kier alpha value is -1.90. The summed E-state index contributed by atoms with van der Waals surface area (Å²) in [5, 5.41) is 1.09. The highest BCUT2D eigenvalue weighted by Gasteiger charge is 1.88. The van der Waals surface area contributed by atoms with Gasteiger partial charge in [0.15, 0.2) is 0 Å². The van der Waals surface area contributed by atoms with Gasteiger partial charge < -0.3 is 4.98 Å². The minimum absolute atomic E-state index is 0.178. The highest BCUT2D eigenvalue weighted by molar-refractivity contribution is 5.39. The third-order valence-corrected chi connectivity index (χ3v) is 1.48. The zero-order valence-electron chi connectivity index (χ0n) is 9.16. The monoisotopic (exact) mass is 204 g/mol. The molecule has 0 saturated carbocycles. The van der Waals surface area contributed by atoms with Gasteiger partial charge >= 0.3 is 0 Å². The van der Waals surface area contributed by atoms with Crippen molar-refractivity contribution in [1.82, 2.24) is 9.97 Å². The van der Waals surface area contributed by atoms with Crippen LogP contribution in [0.25, 0.3) is 12.2 Å². The van der Waals surface area contributed by atoms with Crippen molar-refractivity contribution in [2.45, 2.75) is 13.8 Å². The van der Waals surface area contributed by atoms with Crippen LogP contribution >= 0.6 is 0 Å². The van der Waals surface area contributed by atoms with Gasteiger partial charge in [0.05, 0.1) is 16.9 Å². The summed E-state index contributed by atoms with van der Waals surface area (Å²) < 4.78 is 0. The van der Waals surface area contributed by atoms with Crippen molar-refractivity contribution in [3.63, 3.8) is 0 Å². The van der Waals surface area contributed by atoms with Gasteiger partial charge in [0.1, 0.15) is 0 Å². The fourth-order valence-electron chi connectivity index (χ4n) is 0.947. The number of hydrogen-bond acceptors (Lipinski definition) is 2. The standard InChI is InChI=1S/C10H10N2O.C2H6/c1-3-5-8-9(6-4-2)11-7-12-10(8)13;1-2/h3-7H,1-2H2,(H,11,12,13);1-2H3/b8-5+,9-6+;. The second-order valence-electron chi connectivity index (χ2n) is 2.34. The number of rotatable bonds is 2. The Kier molecular flexibility index (Phi) is 6.55. The number of allylic oxidation sites excluding steroid dienone is 2. The Balaban J connectivity index is 0.000000921. The van der Waals surface area contributed by atoms with Crippen LogP contribution in [-0.2, 0) is 0 Å². The molecule has 0 aromatic carbocycles. The lowest BCUT2D eigenvalue weighted by Gasteiger charge is -1.86. The van der Waals surface area contributed by atoms with E-state index in [1.54, 1.807) is 24.3 Å². The first kappa shape index (κ1) is 13.1. The normalized spacial score (nSPS) is 11.6. The van der Waals surface area contributed by atoms with E-state index in [1.165, 1.54) is 6.33 Å². The summed E-state index contributed by atoms with van der Waals surface area (Å²) in [5.41, 5.74) is -0.178. The quantitative estimate of drug-likeness (QED) is 0.772. The Morgan fingerprint density at radius 2 is 1.87 bits per heavy atom. The van der Waals surface area contributed by atoms with Crippen LogP contribution < -0.4 is 16.1 Å². The van der Waals surface area contributed by atoms with Crippen molar-refractivity contribution >= 4 is 12.2 Å². The van der Waals surface area contributed by atoms with Crippen LogP contribution in [0.2, 0.25) is 0 Å². The van der Waals surface area contributed by atoms with Crippen molar-refractivity contribution in [3.8, 4) is 0 Å². The van der Waals surface area contributed by atoms with Crippen molar-refractivity contribution in [2.75, 3.05) is 0 Å². The van der Waals surface area contributed by atoms with Gasteiger partial charge in [-0.2, -0.15) is 0 Å². The molecule has 3 nitrogen and oxygen atoms in total. The first-order chi connectivity index (χ1) is 7.29. The summed E-state index contributed by atoms with van der Waals surface area (Å²) in [7, 11) is 0. The lowest BCUT2D eigenvalue weighted by Crippen LogP contribution is -2.42. The molecule has 80 valence electrons. The fraction of sp³-hybridized carbons (Fsp3) is 0.167. The molecule has 0 saturated heterocycles. The summed E-state index contributed by atoms with van der Waals surface area (Å²) in [6.07, 6.45) is 7.78. The molecular weight excluding hydrogens is 188 g/mol. The zero-order valence-corrected chi connectivity index (χ0v) is 9.16. The van der Waals surface area contributed by atoms with Crippen LogP contribution in [0.3, 0.4) is 0 Å². The minimum atomic E-state index is -0.178. The number of nitrogens with one attached hydrogen (secondary N) is 1. The third-order valence-electron chi connectivity index (χ3n) is 1.48. The molecule has 0 spiro atoms. The van der Waals surface area contributed by atoms with Gasteiger partial charge in [0.25, 0.3) is 5.56 Å². The molecule has 1 N–H and O–H groups in total. The van der Waals surface area contributed by atoms with Crippen molar-refractivity contribution in [1.29, 1.82) is 0 Å². The predicted octanol–water partition coefficient (Wildman–Crippen LogP) is 0.729. The molecule has 0 aliphatic carbocycles. The molecule has 0 radical (unpaired) electrons. The van der Waals surface area contributed by atoms with Crippen LogP contribution in [0.1, 0.15) is 13.8 Å². The van der Waals surface area contributed by atoms with E-state index in [-0.39, 0.29) is 5.56 Å². The van der Waals surface area contributed by atoms with E-state index in [0.29, 0.717) is 10.6 Å². The molecular formula is C12H16N2O. The smallest absolute Gasteiger partial charge is 0.258 e. The number of aromatic amines is 1. The van der Waals surface area contributed by atoms with E-state index in [0.717, 1.165) is 0 Å². The summed E-state index contributed by atoms with van der Waals surface area (Å²) in [6, 6.07) is 0. The van der Waals surface area contributed by atoms with Gasteiger partial charge in [-0.05, 0) is 12.2 Å². The van der Waals surface area contributed by atoms with Crippen molar-refractivity contribution in [2.24, 2.45) is 0 Å². The lowest BCUT2D eigenvalue weighted by molar-refractivity contribution is 1.05. The van der Waals surface area contributed by atoms with E-state index in [9.17, 15) is 4.79 Å². The maximum absolute atomic E-state index is 11.3. The molecule has 0 unspecified atom stereocenters. The topological polar surface area (TPSA) is 45.8 Å². The first-order valence-electron chi connectivity index (χ1n) is 4.79. The minimum Gasteiger partial charge on any atom is -0.313 e. The highest BCUT2D eigenvalue weighted by Crippen LogP contribution is 1.63. The zero-order chi connectivity index (χ0) is 11.7. The van der Waals surface area contributed by atoms with Crippen LogP contribution in [0.15, 0.2) is 36.4 Å². The van der Waals surface area contributed by atoms with Crippen LogP contribution in [0, 0.1) is 0 Å². The predicted molar refractivity (Wildman–Crippen MR) is 64.8 cm³/mol. The van der Waals surface area contributed by atoms with Crippen molar-refractivity contribution in [3.05, 3.63) is 52.6 Å². The Labute approximate surface area is 89.2 Å². The Morgan fingerprint density at radius 3 is 2.40 bits per heavy atom. The molecule has 1 aromatic rings. The number of aromatic nitrogens is 2. The first-order valence-corrected chi connectivity index (χ1v) is 4.79. The maximum atomic E-state index is 11.3. The van der Waals surface area contributed by atoms with E-state index in [4.69, 9.17) is 0 Å². The molecule has 1 aromatic heterocycles. The average molecular weight is 204 g/mol. The second kappa shape index (κ2) is 7.50. The summed E-state index contributed by atoms with van der Waals surface area (Å²) in [5.74, 6) is 0.